The Labute approximate surface area is 202 Å². The molecule has 174 valence electrons. The summed E-state index contributed by atoms with van der Waals surface area (Å²) in [5.41, 5.74) is 1.92. The van der Waals surface area contributed by atoms with Crippen LogP contribution in [0.25, 0.3) is 17.1 Å². The summed E-state index contributed by atoms with van der Waals surface area (Å²) in [5, 5.41) is 7.90. The van der Waals surface area contributed by atoms with E-state index >= 15 is 0 Å². The van der Waals surface area contributed by atoms with Gasteiger partial charge in [-0.15, -0.1) is 5.10 Å². The van der Waals surface area contributed by atoms with Crippen molar-refractivity contribution in [2.75, 3.05) is 26.1 Å². The summed E-state index contributed by atoms with van der Waals surface area (Å²) in [6, 6.07) is 19.7. The van der Waals surface area contributed by atoms with E-state index in [-0.39, 0.29) is 5.82 Å². The lowest BCUT2D eigenvalue weighted by atomic mass is 10.2. The Balaban J connectivity index is 1.73. The van der Waals surface area contributed by atoms with Crippen molar-refractivity contribution in [3.05, 3.63) is 77.6 Å². The molecule has 0 aliphatic carbocycles. The number of nitrogens with one attached hydrogen (secondary N) is 1. The summed E-state index contributed by atoms with van der Waals surface area (Å²) in [6.07, 6.45) is 0. The van der Waals surface area contributed by atoms with E-state index in [4.69, 9.17) is 25.8 Å². The second-order valence-corrected chi connectivity index (χ2v) is 7.56. The second-order valence-electron chi connectivity index (χ2n) is 7.12. The van der Waals surface area contributed by atoms with Gasteiger partial charge < -0.3 is 19.5 Å². The number of anilines is 1. The Kier molecular flexibility index (Phi) is 6.98. The number of carbonyl (C=O) groups excluding carboxylic acids is 1. The molecule has 0 aliphatic rings. The van der Waals surface area contributed by atoms with Gasteiger partial charge in [-0.25, -0.2) is 9.67 Å². The third-order valence-corrected chi connectivity index (χ3v) is 5.21. The van der Waals surface area contributed by atoms with Crippen LogP contribution in [-0.4, -0.2) is 41.5 Å². The first-order valence-electron chi connectivity index (χ1n) is 10.5. The minimum Gasteiger partial charge on any atom is -0.497 e. The summed E-state index contributed by atoms with van der Waals surface area (Å²) >= 11 is 6.06. The van der Waals surface area contributed by atoms with Crippen LogP contribution in [0.2, 0.25) is 5.02 Å². The molecule has 1 amide bonds. The number of amides is 1. The predicted octanol–water partition coefficient (Wildman–Crippen LogP) is 5.26. The number of benzene rings is 3. The van der Waals surface area contributed by atoms with Crippen molar-refractivity contribution in [3.63, 3.8) is 0 Å². The first-order chi connectivity index (χ1) is 16.5. The minimum atomic E-state index is -0.494. The standard InChI is InChI=1S/C25H23ClN4O4/c1-4-34-19-11-9-18(10-12-19)30-24(16-5-7-17(26)8-6-16)28-23(29-30)25(31)27-21-15-20(32-2)13-14-22(21)33-3/h5-15H,4H2,1-3H3,(H,27,31). The number of hydrogen-bond donors (Lipinski definition) is 1. The van der Waals surface area contributed by atoms with Gasteiger partial charge in [0.25, 0.3) is 5.91 Å². The number of methoxy groups -OCH3 is 2. The SMILES string of the molecule is CCOc1ccc(-n2nc(C(=O)Nc3cc(OC)ccc3OC)nc2-c2ccc(Cl)cc2)cc1. The number of halogens is 1. The maximum atomic E-state index is 13.1. The number of hydrogen-bond acceptors (Lipinski definition) is 6. The van der Waals surface area contributed by atoms with Crippen LogP contribution in [0.3, 0.4) is 0 Å². The number of carbonyl (C=O) groups is 1. The second kappa shape index (κ2) is 10.3. The van der Waals surface area contributed by atoms with Crippen molar-refractivity contribution in [1.82, 2.24) is 14.8 Å². The third kappa shape index (κ3) is 4.97. The number of aromatic nitrogens is 3. The molecule has 0 spiro atoms. The molecular weight excluding hydrogens is 456 g/mol. The van der Waals surface area contributed by atoms with Crippen LogP contribution in [0, 0.1) is 0 Å². The molecule has 0 atom stereocenters. The highest BCUT2D eigenvalue weighted by Crippen LogP contribution is 2.30. The Morgan fingerprint density at radius 3 is 2.32 bits per heavy atom. The van der Waals surface area contributed by atoms with Gasteiger partial charge in [0, 0.05) is 16.7 Å². The number of nitrogens with zero attached hydrogens (tertiary/aromatic N) is 3. The van der Waals surface area contributed by atoms with Gasteiger partial charge in [-0.1, -0.05) is 11.6 Å². The molecule has 0 aliphatic heterocycles. The van der Waals surface area contributed by atoms with Crippen molar-refractivity contribution >= 4 is 23.2 Å². The van der Waals surface area contributed by atoms with Crippen LogP contribution in [-0.2, 0) is 0 Å². The molecule has 0 radical (unpaired) electrons. The van der Waals surface area contributed by atoms with Gasteiger partial charge >= 0.3 is 0 Å². The molecule has 0 bridgehead atoms. The molecule has 4 rings (SSSR count). The largest absolute Gasteiger partial charge is 0.497 e. The summed E-state index contributed by atoms with van der Waals surface area (Å²) in [6.45, 7) is 2.49. The Hall–Kier alpha value is -4.04. The first-order valence-corrected chi connectivity index (χ1v) is 10.9. The van der Waals surface area contributed by atoms with Crippen molar-refractivity contribution in [3.8, 4) is 34.3 Å². The minimum absolute atomic E-state index is 0.0105. The van der Waals surface area contributed by atoms with E-state index in [2.05, 4.69) is 15.4 Å². The summed E-state index contributed by atoms with van der Waals surface area (Å²) in [5.74, 6) is 1.78. The zero-order valence-electron chi connectivity index (χ0n) is 18.9. The van der Waals surface area contributed by atoms with Crippen LogP contribution in [0.5, 0.6) is 17.2 Å². The molecule has 1 N–H and O–H groups in total. The summed E-state index contributed by atoms with van der Waals surface area (Å²) < 4.78 is 17.7. The molecule has 8 nitrogen and oxygen atoms in total. The third-order valence-electron chi connectivity index (χ3n) is 4.96. The monoisotopic (exact) mass is 478 g/mol. The molecule has 3 aromatic carbocycles. The van der Waals surface area contributed by atoms with E-state index < -0.39 is 5.91 Å². The van der Waals surface area contributed by atoms with Crippen molar-refractivity contribution in [1.29, 1.82) is 0 Å². The van der Waals surface area contributed by atoms with Crippen molar-refractivity contribution < 1.29 is 19.0 Å². The van der Waals surface area contributed by atoms with E-state index in [9.17, 15) is 4.79 Å². The van der Waals surface area contributed by atoms with Crippen LogP contribution < -0.4 is 19.5 Å². The van der Waals surface area contributed by atoms with Gasteiger partial charge in [0.05, 0.1) is 32.2 Å². The first kappa shape index (κ1) is 23.1. The Morgan fingerprint density at radius 2 is 1.68 bits per heavy atom. The van der Waals surface area contributed by atoms with Crippen LogP contribution in [0.1, 0.15) is 17.5 Å². The van der Waals surface area contributed by atoms with E-state index in [1.54, 1.807) is 42.1 Å². The molecule has 0 saturated carbocycles. The zero-order valence-corrected chi connectivity index (χ0v) is 19.7. The molecule has 0 saturated heterocycles. The smallest absolute Gasteiger partial charge is 0.295 e. The summed E-state index contributed by atoms with van der Waals surface area (Å²) in [4.78, 5) is 17.6. The van der Waals surface area contributed by atoms with Gasteiger partial charge in [-0.2, -0.15) is 0 Å². The average Bonchev–Trinajstić information content (AvgIpc) is 3.31. The zero-order chi connectivity index (χ0) is 24.1. The highest BCUT2D eigenvalue weighted by molar-refractivity contribution is 6.30. The van der Waals surface area contributed by atoms with Crippen LogP contribution >= 0.6 is 11.6 Å². The van der Waals surface area contributed by atoms with E-state index in [1.165, 1.54) is 7.11 Å². The molecule has 34 heavy (non-hydrogen) atoms. The highest BCUT2D eigenvalue weighted by Gasteiger charge is 2.20. The topological polar surface area (TPSA) is 87.5 Å². The quantitative estimate of drug-likeness (QED) is 0.372. The lowest BCUT2D eigenvalue weighted by molar-refractivity contribution is 0.101. The molecule has 1 aromatic heterocycles. The van der Waals surface area contributed by atoms with Gasteiger partial charge in [0.2, 0.25) is 5.82 Å². The van der Waals surface area contributed by atoms with Gasteiger partial charge in [-0.05, 0) is 67.6 Å². The van der Waals surface area contributed by atoms with E-state index in [1.807, 2.05) is 43.3 Å². The molecule has 4 aromatic rings. The fourth-order valence-electron chi connectivity index (χ4n) is 3.31. The normalized spacial score (nSPS) is 10.6. The number of ether oxygens (including phenoxy) is 3. The van der Waals surface area contributed by atoms with Crippen LogP contribution in [0.4, 0.5) is 5.69 Å². The Bertz CT molecular complexity index is 1290. The molecule has 9 heteroatoms. The summed E-state index contributed by atoms with van der Waals surface area (Å²) in [7, 11) is 3.07. The number of rotatable bonds is 8. The van der Waals surface area contributed by atoms with E-state index in [0.717, 1.165) is 17.0 Å². The van der Waals surface area contributed by atoms with Gasteiger partial charge in [0.1, 0.15) is 17.2 Å². The van der Waals surface area contributed by atoms with Crippen molar-refractivity contribution in [2.24, 2.45) is 0 Å². The Morgan fingerprint density at radius 1 is 0.971 bits per heavy atom. The molecule has 0 fully saturated rings. The highest BCUT2D eigenvalue weighted by atomic mass is 35.5. The van der Waals surface area contributed by atoms with E-state index in [0.29, 0.717) is 34.6 Å². The van der Waals surface area contributed by atoms with Gasteiger partial charge in [0.15, 0.2) is 5.82 Å². The maximum Gasteiger partial charge on any atom is 0.295 e. The lowest BCUT2D eigenvalue weighted by Crippen LogP contribution is -2.15. The fraction of sp³-hybridized carbons (Fsp3) is 0.160. The van der Waals surface area contributed by atoms with Gasteiger partial charge in [-0.3, -0.25) is 4.79 Å². The molecule has 0 unspecified atom stereocenters. The fourth-order valence-corrected chi connectivity index (χ4v) is 3.44. The van der Waals surface area contributed by atoms with Crippen LogP contribution in [0.15, 0.2) is 66.7 Å². The lowest BCUT2D eigenvalue weighted by Gasteiger charge is -2.10. The maximum absolute atomic E-state index is 13.1. The molecule has 1 heterocycles. The van der Waals surface area contributed by atoms with Crippen molar-refractivity contribution in [2.45, 2.75) is 6.92 Å². The molecular formula is C25H23ClN4O4. The predicted molar refractivity (Wildman–Crippen MR) is 130 cm³/mol. The average molecular weight is 479 g/mol.